The highest BCUT2D eigenvalue weighted by molar-refractivity contribution is 7.23. The molecule has 6 heterocycles. The van der Waals surface area contributed by atoms with Crippen LogP contribution in [0.4, 0.5) is 19.6 Å². The van der Waals surface area contributed by atoms with Crippen LogP contribution < -0.4 is 20.7 Å². The molecule has 8 rings (SSSR count). The van der Waals surface area contributed by atoms with Crippen molar-refractivity contribution in [1.82, 2.24) is 20.2 Å². The molecule has 12 heteroatoms. The Labute approximate surface area is 275 Å². The summed E-state index contributed by atoms with van der Waals surface area (Å²) < 4.78 is 39.0. The van der Waals surface area contributed by atoms with Crippen molar-refractivity contribution in [2.24, 2.45) is 5.92 Å². The first-order valence-corrected chi connectivity index (χ1v) is 17.4. The van der Waals surface area contributed by atoms with Gasteiger partial charge < -0.3 is 20.7 Å². The molecule has 0 radical (unpaired) electrons. The number of nitriles is 1. The van der Waals surface area contributed by atoms with Crippen molar-refractivity contribution < 1.29 is 13.5 Å². The third kappa shape index (κ3) is 4.48. The predicted molar refractivity (Wildman–Crippen MR) is 179 cm³/mol. The summed E-state index contributed by atoms with van der Waals surface area (Å²) in [5, 5.41) is 15.6. The van der Waals surface area contributed by atoms with Crippen LogP contribution in [0.15, 0.2) is 18.2 Å². The van der Waals surface area contributed by atoms with Crippen LogP contribution in [0.5, 0.6) is 6.01 Å². The molecule has 0 saturated carbocycles. The van der Waals surface area contributed by atoms with Gasteiger partial charge in [0.15, 0.2) is 5.82 Å². The zero-order chi connectivity index (χ0) is 31.9. The van der Waals surface area contributed by atoms with Crippen LogP contribution in [0, 0.1) is 23.1 Å². The number of thiophene rings is 1. The Kier molecular flexibility index (Phi) is 7.29. The van der Waals surface area contributed by atoms with E-state index in [9.17, 15) is 9.65 Å². The molecular formula is C34H36ClF2N7OS. The second-order valence-electron chi connectivity index (χ2n) is 13.4. The number of hydrogen-bond acceptors (Lipinski definition) is 9. The van der Waals surface area contributed by atoms with E-state index in [0.717, 1.165) is 42.6 Å². The lowest BCUT2D eigenvalue weighted by molar-refractivity contribution is 0.107. The fraction of sp³-hybridized carbons (Fsp3) is 0.500. The zero-order valence-corrected chi connectivity index (χ0v) is 27.4. The van der Waals surface area contributed by atoms with Crippen molar-refractivity contribution in [3.63, 3.8) is 0 Å². The number of aromatic nitrogens is 2. The molecule has 240 valence electrons. The van der Waals surface area contributed by atoms with Gasteiger partial charge in [0, 0.05) is 53.8 Å². The average molecular weight is 664 g/mol. The number of anilines is 2. The molecule has 0 aliphatic carbocycles. The van der Waals surface area contributed by atoms with Gasteiger partial charge >= 0.3 is 6.01 Å². The molecule has 4 aliphatic rings. The number of rotatable bonds is 5. The maximum absolute atomic E-state index is 17.3. The van der Waals surface area contributed by atoms with Gasteiger partial charge in [0.2, 0.25) is 0 Å². The van der Waals surface area contributed by atoms with E-state index in [0.29, 0.717) is 63.7 Å². The molecular weight excluding hydrogens is 628 g/mol. The number of alkyl halides is 1. The summed E-state index contributed by atoms with van der Waals surface area (Å²) >= 11 is 8.57. The van der Waals surface area contributed by atoms with Crippen molar-refractivity contribution >= 4 is 54.7 Å². The first-order chi connectivity index (χ1) is 22.2. The number of benzene rings is 2. The highest BCUT2D eigenvalue weighted by atomic mass is 35.5. The minimum Gasteiger partial charge on any atom is -0.461 e. The number of nitrogens with zero attached hydrogens (tertiary/aromatic N) is 5. The van der Waals surface area contributed by atoms with Gasteiger partial charge in [-0.3, -0.25) is 4.90 Å². The van der Waals surface area contributed by atoms with Gasteiger partial charge in [0.05, 0.1) is 21.5 Å². The van der Waals surface area contributed by atoms with Crippen molar-refractivity contribution in [1.29, 1.82) is 5.26 Å². The lowest BCUT2D eigenvalue weighted by Gasteiger charge is -2.43. The first kappa shape index (κ1) is 30.1. The summed E-state index contributed by atoms with van der Waals surface area (Å²) in [5.74, 6) is 0.205. The molecule has 8 nitrogen and oxygen atoms in total. The summed E-state index contributed by atoms with van der Waals surface area (Å²) in [7, 11) is 0. The Balaban J connectivity index is 1.35. The Morgan fingerprint density at radius 3 is 2.93 bits per heavy atom. The third-order valence-electron chi connectivity index (χ3n) is 10.8. The van der Waals surface area contributed by atoms with Gasteiger partial charge in [-0.05, 0) is 55.3 Å². The number of ether oxygens (including phenoxy) is 1. The normalized spacial score (nSPS) is 27.5. The molecule has 3 N–H and O–H groups in total. The van der Waals surface area contributed by atoms with Gasteiger partial charge in [-0.15, -0.1) is 11.3 Å². The molecule has 2 aromatic carbocycles. The Morgan fingerprint density at radius 2 is 2.13 bits per heavy atom. The molecule has 2 aromatic heterocycles. The first-order valence-electron chi connectivity index (χ1n) is 16.2. The molecule has 3 saturated heterocycles. The molecule has 4 aromatic rings. The number of halogens is 3. The van der Waals surface area contributed by atoms with E-state index in [4.69, 9.17) is 32.0 Å². The van der Waals surface area contributed by atoms with Crippen LogP contribution in [-0.2, 0) is 6.42 Å². The number of fused-ring (bicyclic) bond motifs is 4. The topological polar surface area (TPSA) is 103 Å². The lowest BCUT2D eigenvalue weighted by Crippen LogP contribution is -2.58. The molecule has 0 amide bonds. The minimum atomic E-state index is -0.892. The van der Waals surface area contributed by atoms with Gasteiger partial charge in [0.1, 0.15) is 35.2 Å². The summed E-state index contributed by atoms with van der Waals surface area (Å²) in [5.41, 5.74) is 7.79. The number of nitrogens with one attached hydrogen (secondary N) is 1. The summed E-state index contributed by atoms with van der Waals surface area (Å²) in [6.07, 6.45) is 2.89. The average Bonchev–Trinajstić information content (AvgIpc) is 3.67. The summed E-state index contributed by atoms with van der Waals surface area (Å²) in [6, 6.07) is 8.14. The van der Waals surface area contributed by atoms with Gasteiger partial charge in [-0.2, -0.15) is 15.2 Å². The molecule has 4 aliphatic heterocycles. The van der Waals surface area contributed by atoms with Crippen LogP contribution in [0.1, 0.15) is 50.7 Å². The SMILES string of the molecule is CC[C@@H]1CN2c3nc(OC[C@@]45CCCN4C[C@H](F)C5)nc4c(F)c(-c5cccc6sc(N)c(C#N)c56)c(Cl)c(c34)C[C@H](C)[C@H]2CN1. The Morgan fingerprint density at radius 1 is 1.28 bits per heavy atom. The monoisotopic (exact) mass is 663 g/mol. The van der Waals surface area contributed by atoms with Crippen molar-refractivity contribution in [3.8, 4) is 23.2 Å². The standard InChI is InChI=1S/C34H36ClF2N7OS/c1-3-19-15-44-23(13-40-19)17(2)10-21-27-30(41-33(42-32(27)44)45-16-34-8-5-9-43(34)14-18(36)11-34)29(37)26(28(21)35)20-6-4-7-24-25(20)22(12-38)31(39)46-24/h4,6-7,17-19,23,40H,3,5,8-11,13-16,39H2,1-2H3/t17-,18+,19+,23+,34-/m0/s1. The molecule has 0 unspecified atom stereocenters. The number of nitrogen functional groups attached to an aromatic ring is 1. The van der Waals surface area contributed by atoms with E-state index < -0.39 is 17.5 Å². The lowest BCUT2D eigenvalue weighted by atomic mass is 9.89. The van der Waals surface area contributed by atoms with Gasteiger partial charge in [-0.25, -0.2) is 8.78 Å². The van der Waals surface area contributed by atoms with E-state index in [2.05, 4.69) is 35.0 Å². The highest BCUT2D eigenvalue weighted by Gasteiger charge is 2.49. The van der Waals surface area contributed by atoms with Crippen LogP contribution >= 0.6 is 22.9 Å². The van der Waals surface area contributed by atoms with Crippen LogP contribution in [-0.4, -0.2) is 71.4 Å². The second kappa shape index (κ2) is 11.2. The summed E-state index contributed by atoms with van der Waals surface area (Å²) in [6.45, 7) is 7.31. The maximum atomic E-state index is 17.3. The predicted octanol–water partition coefficient (Wildman–Crippen LogP) is 6.46. The van der Waals surface area contributed by atoms with Crippen molar-refractivity contribution in [2.75, 3.05) is 43.4 Å². The van der Waals surface area contributed by atoms with Crippen LogP contribution in [0.25, 0.3) is 32.1 Å². The fourth-order valence-electron chi connectivity index (χ4n) is 8.49. The minimum absolute atomic E-state index is 0.0831. The molecule has 5 atom stereocenters. The Bertz CT molecular complexity index is 1930. The van der Waals surface area contributed by atoms with Gasteiger partial charge in [0.25, 0.3) is 0 Å². The van der Waals surface area contributed by atoms with E-state index in [1.54, 1.807) is 6.07 Å². The van der Waals surface area contributed by atoms with Crippen LogP contribution in [0.2, 0.25) is 5.02 Å². The highest BCUT2D eigenvalue weighted by Crippen LogP contribution is 2.49. The zero-order valence-electron chi connectivity index (χ0n) is 25.9. The molecule has 0 spiro atoms. The Hall–Kier alpha value is -3.30. The molecule has 0 bridgehead atoms. The van der Waals surface area contributed by atoms with E-state index in [1.807, 2.05) is 12.1 Å². The summed E-state index contributed by atoms with van der Waals surface area (Å²) in [4.78, 5) is 14.2. The quantitative estimate of drug-likeness (QED) is 0.251. The molecule has 46 heavy (non-hydrogen) atoms. The van der Waals surface area contributed by atoms with Crippen molar-refractivity contribution in [3.05, 3.63) is 40.2 Å². The smallest absolute Gasteiger partial charge is 0.319 e. The van der Waals surface area contributed by atoms with Gasteiger partial charge in [-0.1, -0.05) is 37.6 Å². The number of piperazine rings is 1. The maximum Gasteiger partial charge on any atom is 0.319 e. The fourth-order valence-corrected chi connectivity index (χ4v) is 9.80. The van der Waals surface area contributed by atoms with E-state index in [-0.39, 0.29) is 41.7 Å². The largest absolute Gasteiger partial charge is 0.461 e. The second-order valence-corrected chi connectivity index (χ2v) is 14.9. The van der Waals surface area contributed by atoms with Crippen LogP contribution in [0.3, 0.4) is 0 Å². The van der Waals surface area contributed by atoms with E-state index in [1.165, 1.54) is 11.3 Å². The van der Waals surface area contributed by atoms with E-state index >= 15 is 4.39 Å². The number of nitrogens with two attached hydrogens (primary N) is 1. The molecule has 3 fully saturated rings. The van der Waals surface area contributed by atoms with Crippen molar-refractivity contribution in [2.45, 2.75) is 69.7 Å². The third-order valence-corrected chi connectivity index (χ3v) is 12.2. The number of hydrogen-bond donors (Lipinski definition) is 2.